The Bertz CT molecular complexity index is 41.7. The molecule has 0 bridgehead atoms. The van der Waals surface area contributed by atoms with Gasteiger partial charge in [-0.05, 0) is 0 Å². The molecule has 0 aliphatic carbocycles. The Hall–Kier alpha value is 4.58. The second-order valence-corrected chi connectivity index (χ2v) is 0. The molecular weight excluding hydrogens is 421 g/mol. The van der Waals surface area contributed by atoms with Gasteiger partial charge in [-0.1, -0.05) is 0 Å². The average molecular weight is 443 g/mol. The van der Waals surface area contributed by atoms with Crippen LogP contribution >= 0.6 is 0 Å². The van der Waals surface area contributed by atoms with Crippen LogP contribution in [0.15, 0.2) is 0 Å². The van der Waals surface area contributed by atoms with E-state index in [1.54, 1.807) is 0 Å². The molecule has 0 rings (SSSR count). The van der Waals surface area contributed by atoms with Gasteiger partial charge in [-0.3, -0.25) is 9.41 Å². The molecule has 0 fully saturated rings. The van der Waals surface area contributed by atoms with E-state index in [1.165, 1.54) is 0 Å². The molecule has 0 aromatic rings. The van der Waals surface area contributed by atoms with Gasteiger partial charge in [-0.2, -0.15) is 0 Å². The molecule has 20 N–H and O–H groups in total. The van der Waals surface area contributed by atoms with Crippen LogP contribution in [0.4, 0.5) is 9.41 Å². The summed E-state index contributed by atoms with van der Waals surface area (Å²) in [6.45, 7) is 0. The molecule has 0 spiro atoms. The van der Waals surface area contributed by atoms with Gasteiger partial charge in [-0.25, -0.2) is 0 Å². The monoisotopic (exact) mass is 442 g/mol. The number of hydrogen-bond donors (Lipinski definition) is 0. The van der Waals surface area contributed by atoms with E-state index in [0.717, 1.165) is 0 Å². The fourth-order valence-corrected chi connectivity index (χ4v) is 0. The number of halogens is 2. The van der Waals surface area contributed by atoms with E-state index in [4.69, 9.17) is 0 Å². The minimum absolute atomic E-state index is 0. The molecule has 0 aromatic carbocycles. The van der Waals surface area contributed by atoms with E-state index < -0.39 is 0 Å². The van der Waals surface area contributed by atoms with Crippen molar-refractivity contribution < 1.29 is 64.2 Å². The molecule has 0 heterocycles. The standard InChI is InChI=1S/Al.2FH.K.3Mg.10H2O.3Si/h;2*1H;;;;;10*1H2;;;. The molecule has 118 valence electrons. The number of rotatable bonds is 0. The number of hydrogen-bond acceptors (Lipinski definition) is 0. The maximum atomic E-state index is 0. The molecule has 22 radical (unpaired) electrons. The van der Waals surface area contributed by atoms with Crippen LogP contribution in [0.3, 0.4) is 0 Å². The molecule has 0 saturated carbocycles. The van der Waals surface area contributed by atoms with Gasteiger partial charge in [0, 0.05) is 171 Å². The largest absolute Gasteiger partial charge is 0.412 e. The molecule has 0 unspecified atom stereocenters. The van der Waals surface area contributed by atoms with Crippen molar-refractivity contribution in [3.8, 4) is 0 Å². The van der Waals surface area contributed by atoms with Crippen molar-refractivity contribution in [2.75, 3.05) is 0 Å². The molecule has 0 amide bonds. The van der Waals surface area contributed by atoms with Gasteiger partial charge in [0.2, 0.25) is 0 Å². The Kier molecular flexibility index (Phi) is 18700. The molecule has 0 aromatic heterocycles. The second kappa shape index (κ2) is 573. The zero-order chi connectivity index (χ0) is 0. The summed E-state index contributed by atoms with van der Waals surface area (Å²) in [5.41, 5.74) is 0. The molecule has 10 nitrogen and oxygen atoms in total. The Morgan fingerprint density at radius 1 is 0.300 bits per heavy atom. The van der Waals surface area contributed by atoms with Gasteiger partial charge in [0.25, 0.3) is 0 Å². The molecule has 20 heteroatoms. The van der Waals surface area contributed by atoms with Crippen LogP contribution in [-0.4, -0.2) is 226 Å². The van der Waals surface area contributed by atoms with Gasteiger partial charge in [0.05, 0.1) is 0 Å². The van der Waals surface area contributed by atoms with Crippen LogP contribution in [0.5, 0.6) is 0 Å². The smallest absolute Gasteiger partial charge is 0 e. The summed E-state index contributed by atoms with van der Waals surface area (Å²) in [4.78, 5) is 0. The third kappa shape index (κ3) is 502. The molecule has 0 atom stereocenters. The van der Waals surface area contributed by atoms with Crippen molar-refractivity contribution >= 4 is 171 Å². The molecule has 0 aliphatic heterocycles. The molecule has 20 heavy (non-hydrogen) atoms. The van der Waals surface area contributed by atoms with E-state index in [2.05, 4.69) is 0 Å². The van der Waals surface area contributed by atoms with Gasteiger partial charge in [-0.15, -0.1) is 0 Å². The summed E-state index contributed by atoms with van der Waals surface area (Å²) in [5, 5.41) is 0. The first kappa shape index (κ1) is 652. The minimum Gasteiger partial charge on any atom is -0.412 e. The predicted octanol–water partition coefficient (Wildman–Crippen LogP) is -11.0. The Morgan fingerprint density at radius 2 is 0.300 bits per heavy atom. The topological polar surface area (TPSA) is 315 Å². The minimum atomic E-state index is 0. The van der Waals surface area contributed by atoms with Crippen molar-refractivity contribution in [3.63, 3.8) is 0 Å². The summed E-state index contributed by atoms with van der Waals surface area (Å²) in [6.07, 6.45) is 0. The van der Waals surface area contributed by atoms with Crippen molar-refractivity contribution in [2.45, 2.75) is 0 Å². The summed E-state index contributed by atoms with van der Waals surface area (Å²) in [5.74, 6) is 0. The van der Waals surface area contributed by atoms with Gasteiger partial charge >= 0.3 is 0 Å². The molecule has 0 saturated heterocycles. The first-order valence-corrected chi connectivity index (χ1v) is 0. The predicted molar refractivity (Wildman–Crippen MR) is 87.2 cm³/mol. The summed E-state index contributed by atoms with van der Waals surface area (Å²) in [7, 11) is 0. The third-order valence-electron chi connectivity index (χ3n) is 0. The Balaban J connectivity index is 0. The van der Waals surface area contributed by atoms with E-state index in [0.29, 0.717) is 0 Å². The second-order valence-electron chi connectivity index (χ2n) is 0. The van der Waals surface area contributed by atoms with Crippen LogP contribution < -0.4 is 0 Å². The quantitative estimate of drug-likeness (QED) is 0.315. The average Bonchev–Trinajstić information content (AvgIpc) is 0. The summed E-state index contributed by atoms with van der Waals surface area (Å²) in [6, 6.07) is 0. The van der Waals surface area contributed by atoms with E-state index in [-0.39, 0.29) is 235 Å². The van der Waals surface area contributed by atoms with Crippen molar-refractivity contribution in [2.24, 2.45) is 0 Å². The zero-order valence-corrected chi connectivity index (χ0v) is 22.5. The molecular formula is H22AlF2KMg3O10Si3. The van der Waals surface area contributed by atoms with Gasteiger partial charge in [0.1, 0.15) is 0 Å². The molecule has 0 aliphatic rings. The van der Waals surface area contributed by atoms with Crippen LogP contribution in [0.2, 0.25) is 0 Å². The van der Waals surface area contributed by atoms with E-state index in [1.807, 2.05) is 0 Å². The maximum Gasteiger partial charge on any atom is 0 e. The van der Waals surface area contributed by atoms with E-state index >= 15 is 0 Å². The Labute approximate surface area is 231 Å². The Morgan fingerprint density at radius 3 is 0.300 bits per heavy atom. The normalized spacial score (nSPS) is 0. The van der Waals surface area contributed by atoms with Crippen LogP contribution in [0.25, 0.3) is 0 Å². The van der Waals surface area contributed by atoms with Gasteiger partial charge in [0.15, 0.2) is 0 Å². The first-order chi connectivity index (χ1) is 0. The summed E-state index contributed by atoms with van der Waals surface area (Å²) >= 11 is 0. The fourth-order valence-electron chi connectivity index (χ4n) is 0. The van der Waals surface area contributed by atoms with Crippen LogP contribution in [0, 0.1) is 0 Å². The van der Waals surface area contributed by atoms with Crippen molar-refractivity contribution in [1.29, 1.82) is 0 Å². The van der Waals surface area contributed by atoms with Crippen LogP contribution in [-0.2, 0) is 0 Å². The van der Waals surface area contributed by atoms with Crippen molar-refractivity contribution in [3.05, 3.63) is 0 Å². The fraction of sp³-hybridized carbons (Fsp3) is 0. The third-order valence-corrected chi connectivity index (χ3v) is 0. The first-order valence-electron chi connectivity index (χ1n) is 0. The van der Waals surface area contributed by atoms with Crippen LogP contribution in [0.1, 0.15) is 0 Å². The van der Waals surface area contributed by atoms with Crippen molar-refractivity contribution in [1.82, 2.24) is 0 Å². The van der Waals surface area contributed by atoms with Gasteiger partial charge < -0.3 is 54.8 Å². The SMILES string of the molecule is F.F.O.O.O.O.O.O.O.O.O.O.[Al].[K].[Mg].[Mg].[Mg].[Si].[Si].[Si]. The summed E-state index contributed by atoms with van der Waals surface area (Å²) < 4.78 is 0. The maximum absolute atomic E-state index is 0. The zero-order valence-electron chi connectivity index (χ0n) is 11.0. The van der Waals surface area contributed by atoms with E-state index in [9.17, 15) is 0 Å².